The lowest BCUT2D eigenvalue weighted by Crippen LogP contribution is -2.50. The zero-order chi connectivity index (χ0) is 11.0. The van der Waals surface area contributed by atoms with Gasteiger partial charge in [-0.3, -0.25) is 4.79 Å². The number of fused-ring (bicyclic) bond motifs is 1. The van der Waals surface area contributed by atoms with Gasteiger partial charge in [-0.05, 0) is 30.9 Å². The van der Waals surface area contributed by atoms with E-state index in [9.17, 15) is 4.79 Å². The third-order valence-corrected chi connectivity index (χ3v) is 4.62. The molecule has 3 nitrogen and oxygen atoms in total. The van der Waals surface area contributed by atoms with Crippen LogP contribution in [-0.4, -0.2) is 19.0 Å². The first-order chi connectivity index (χ1) is 7.83. The Morgan fingerprint density at radius 2 is 2.38 bits per heavy atom. The van der Waals surface area contributed by atoms with Crippen LogP contribution in [0.1, 0.15) is 21.7 Å². The molecule has 2 aliphatic rings. The van der Waals surface area contributed by atoms with Crippen molar-refractivity contribution in [3.05, 3.63) is 21.4 Å². The van der Waals surface area contributed by atoms with E-state index in [2.05, 4.69) is 16.7 Å². The van der Waals surface area contributed by atoms with Crippen LogP contribution >= 0.6 is 11.3 Å². The van der Waals surface area contributed by atoms with Crippen LogP contribution in [0.5, 0.6) is 0 Å². The van der Waals surface area contributed by atoms with E-state index >= 15 is 0 Å². The molecule has 1 amide bonds. The number of carbonyl (C=O) groups is 1. The fourth-order valence-electron chi connectivity index (χ4n) is 2.27. The van der Waals surface area contributed by atoms with Crippen molar-refractivity contribution in [1.82, 2.24) is 10.6 Å². The summed E-state index contributed by atoms with van der Waals surface area (Å²) in [6.07, 6.45) is 3.77. The third-order valence-electron chi connectivity index (χ3n) is 3.39. The zero-order valence-corrected chi connectivity index (χ0v) is 10.0. The van der Waals surface area contributed by atoms with E-state index in [4.69, 9.17) is 0 Å². The SMILES string of the molecule is O=C(NCc1cc2c(s1)CCC2)C1CNC1. The van der Waals surface area contributed by atoms with E-state index < -0.39 is 0 Å². The molecule has 2 N–H and O–H groups in total. The molecule has 1 aromatic heterocycles. The van der Waals surface area contributed by atoms with Gasteiger partial charge in [0, 0.05) is 22.8 Å². The first kappa shape index (κ1) is 10.3. The van der Waals surface area contributed by atoms with Gasteiger partial charge in [-0.25, -0.2) is 0 Å². The number of aryl methyl sites for hydroxylation is 2. The molecule has 86 valence electrons. The van der Waals surface area contributed by atoms with Crippen LogP contribution in [0.15, 0.2) is 6.07 Å². The molecule has 0 bridgehead atoms. The van der Waals surface area contributed by atoms with Crippen LogP contribution < -0.4 is 10.6 Å². The Hall–Kier alpha value is -0.870. The predicted octanol–water partition coefficient (Wildman–Crippen LogP) is 1.07. The van der Waals surface area contributed by atoms with Crippen LogP contribution in [0.25, 0.3) is 0 Å². The number of rotatable bonds is 3. The molecule has 1 aliphatic carbocycles. The number of hydrogen-bond acceptors (Lipinski definition) is 3. The van der Waals surface area contributed by atoms with Crippen molar-refractivity contribution < 1.29 is 4.79 Å². The molecule has 16 heavy (non-hydrogen) atoms. The Labute approximate surface area is 99.2 Å². The summed E-state index contributed by atoms with van der Waals surface area (Å²) in [6.45, 7) is 2.40. The van der Waals surface area contributed by atoms with Gasteiger partial charge in [0.2, 0.25) is 5.91 Å². The van der Waals surface area contributed by atoms with E-state index in [1.54, 1.807) is 0 Å². The molecule has 0 atom stereocenters. The van der Waals surface area contributed by atoms with Gasteiger partial charge in [-0.15, -0.1) is 11.3 Å². The summed E-state index contributed by atoms with van der Waals surface area (Å²) < 4.78 is 0. The first-order valence-corrected chi connectivity index (χ1v) is 6.73. The fourth-order valence-corrected chi connectivity index (χ4v) is 3.47. The topological polar surface area (TPSA) is 41.1 Å². The lowest BCUT2D eigenvalue weighted by molar-refractivity contribution is -0.126. The number of carbonyl (C=O) groups excluding carboxylic acids is 1. The van der Waals surface area contributed by atoms with E-state index in [0.29, 0.717) is 6.54 Å². The van der Waals surface area contributed by atoms with Gasteiger partial charge in [0.05, 0.1) is 12.5 Å². The lowest BCUT2D eigenvalue weighted by Gasteiger charge is -2.25. The third kappa shape index (κ3) is 1.87. The molecule has 1 saturated heterocycles. The van der Waals surface area contributed by atoms with Crippen LogP contribution in [0, 0.1) is 5.92 Å². The number of thiophene rings is 1. The largest absolute Gasteiger partial charge is 0.351 e. The highest BCUT2D eigenvalue weighted by atomic mass is 32.1. The number of hydrogen-bond donors (Lipinski definition) is 2. The van der Waals surface area contributed by atoms with Gasteiger partial charge >= 0.3 is 0 Å². The minimum absolute atomic E-state index is 0.201. The highest BCUT2D eigenvalue weighted by Gasteiger charge is 2.24. The Bertz CT molecular complexity index is 388. The van der Waals surface area contributed by atoms with Crippen molar-refractivity contribution in [3.63, 3.8) is 0 Å². The molecule has 0 aromatic carbocycles. The minimum Gasteiger partial charge on any atom is -0.351 e. The average molecular weight is 236 g/mol. The Morgan fingerprint density at radius 1 is 1.50 bits per heavy atom. The standard InChI is InChI=1S/C12H16N2OS/c15-12(9-5-13-6-9)14-7-10-4-8-2-1-3-11(8)16-10/h4,9,13H,1-3,5-7H2,(H,14,15). The van der Waals surface area contributed by atoms with Gasteiger partial charge in [-0.1, -0.05) is 0 Å². The predicted molar refractivity (Wildman–Crippen MR) is 64.6 cm³/mol. The number of nitrogens with one attached hydrogen (secondary N) is 2. The van der Waals surface area contributed by atoms with Crippen LogP contribution in [-0.2, 0) is 24.2 Å². The second kappa shape index (κ2) is 4.18. The van der Waals surface area contributed by atoms with Crippen molar-refractivity contribution in [2.75, 3.05) is 13.1 Å². The quantitative estimate of drug-likeness (QED) is 0.824. The van der Waals surface area contributed by atoms with Crippen molar-refractivity contribution in [2.45, 2.75) is 25.8 Å². The summed E-state index contributed by atoms with van der Waals surface area (Å²) in [5.41, 5.74) is 1.51. The summed E-state index contributed by atoms with van der Waals surface area (Å²) in [4.78, 5) is 14.5. The Morgan fingerprint density at radius 3 is 3.06 bits per heavy atom. The van der Waals surface area contributed by atoms with E-state index in [1.807, 2.05) is 11.3 Å². The monoisotopic (exact) mass is 236 g/mol. The molecule has 0 spiro atoms. The van der Waals surface area contributed by atoms with Gasteiger partial charge in [0.25, 0.3) is 0 Å². The van der Waals surface area contributed by atoms with E-state index in [0.717, 1.165) is 13.1 Å². The van der Waals surface area contributed by atoms with Crippen LogP contribution in [0.4, 0.5) is 0 Å². The minimum atomic E-state index is 0.201. The normalized spacial score (nSPS) is 19.2. The van der Waals surface area contributed by atoms with E-state index in [1.165, 1.54) is 34.6 Å². The molecule has 1 aliphatic heterocycles. The molecule has 0 unspecified atom stereocenters. The Balaban J connectivity index is 1.55. The molecule has 1 fully saturated rings. The van der Waals surface area contributed by atoms with Crippen molar-refractivity contribution in [3.8, 4) is 0 Å². The zero-order valence-electron chi connectivity index (χ0n) is 9.21. The summed E-state index contributed by atoms with van der Waals surface area (Å²) in [7, 11) is 0. The van der Waals surface area contributed by atoms with Gasteiger partial charge in [-0.2, -0.15) is 0 Å². The van der Waals surface area contributed by atoms with E-state index in [-0.39, 0.29) is 11.8 Å². The molecule has 1 aromatic rings. The lowest BCUT2D eigenvalue weighted by atomic mass is 10.0. The molecule has 0 radical (unpaired) electrons. The molecular weight excluding hydrogens is 220 g/mol. The van der Waals surface area contributed by atoms with Crippen LogP contribution in [0.3, 0.4) is 0 Å². The fraction of sp³-hybridized carbons (Fsp3) is 0.583. The molecule has 4 heteroatoms. The van der Waals surface area contributed by atoms with Gasteiger partial charge in [0.15, 0.2) is 0 Å². The van der Waals surface area contributed by atoms with Crippen LogP contribution in [0.2, 0.25) is 0 Å². The summed E-state index contributed by atoms with van der Waals surface area (Å²) in [5.74, 6) is 0.402. The maximum absolute atomic E-state index is 11.6. The second-order valence-electron chi connectivity index (χ2n) is 4.59. The van der Waals surface area contributed by atoms with Crippen molar-refractivity contribution >= 4 is 17.2 Å². The summed E-state index contributed by atoms with van der Waals surface area (Å²) in [5, 5.41) is 6.13. The number of amides is 1. The first-order valence-electron chi connectivity index (χ1n) is 5.92. The molecule has 3 rings (SSSR count). The maximum Gasteiger partial charge on any atom is 0.225 e. The molecular formula is C12H16N2OS. The van der Waals surface area contributed by atoms with Crippen molar-refractivity contribution in [2.24, 2.45) is 5.92 Å². The van der Waals surface area contributed by atoms with Gasteiger partial charge in [0.1, 0.15) is 0 Å². The van der Waals surface area contributed by atoms with Gasteiger partial charge < -0.3 is 10.6 Å². The smallest absolute Gasteiger partial charge is 0.225 e. The van der Waals surface area contributed by atoms with Crippen molar-refractivity contribution in [1.29, 1.82) is 0 Å². The highest BCUT2D eigenvalue weighted by molar-refractivity contribution is 7.12. The Kier molecular flexibility index (Phi) is 2.69. The summed E-state index contributed by atoms with van der Waals surface area (Å²) in [6, 6.07) is 2.27. The summed E-state index contributed by atoms with van der Waals surface area (Å²) >= 11 is 1.87. The molecule has 0 saturated carbocycles. The maximum atomic E-state index is 11.6. The highest BCUT2D eigenvalue weighted by Crippen LogP contribution is 2.30. The average Bonchev–Trinajstić information content (AvgIpc) is 2.70. The molecule has 2 heterocycles. The second-order valence-corrected chi connectivity index (χ2v) is 5.81.